The van der Waals surface area contributed by atoms with Crippen LogP contribution in [-0.2, 0) is 4.94 Å². The van der Waals surface area contributed by atoms with Crippen molar-refractivity contribution in [3.63, 3.8) is 0 Å². The highest BCUT2D eigenvalue weighted by Crippen LogP contribution is 2.28. The van der Waals surface area contributed by atoms with Crippen molar-refractivity contribution in [2.75, 3.05) is 13.1 Å². The Kier molecular flexibility index (Phi) is 8.83. The van der Waals surface area contributed by atoms with E-state index in [9.17, 15) is 0 Å². The lowest BCUT2D eigenvalue weighted by Gasteiger charge is -2.19. The second-order valence-electron chi connectivity index (χ2n) is 8.22. The van der Waals surface area contributed by atoms with Crippen LogP contribution in [0, 0.1) is 0 Å². The van der Waals surface area contributed by atoms with Gasteiger partial charge in [0.05, 0.1) is 0 Å². The van der Waals surface area contributed by atoms with Crippen LogP contribution in [-0.4, -0.2) is 13.1 Å². The van der Waals surface area contributed by atoms with E-state index in [2.05, 4.69) is 132 Å². The van der Waals surface area contributed by atoms with E-state index in [-0.39, 0.29) is 0 Å². The Hall–Kier alpha value is -3.24. The van der Waals surface area contributed by atoms with E-state index < -0.39 is 0 Å². The minimum absolute atomic E-state index is 0.337. The summed E-state index contributed by atoms with van der Waals surface area (Å²) in [5.41, 5.74) is 11.5. The smallest absolute Gasteiger partial charge is 0.0238 e. The van der Waals surface area contributed by atoms with Crippen molar-refractivity contribution in [2.24, 2.45) is 0 Å². The summed E-state index contributed by atoms with van der Waals surface area (Å²) in [6, 6.07) is 42.7. The van der Waals surface area contributed by atoms with E-state index >= 15 is 0 Å². The van der Waals surface area contributed by atoms with Gasteiger partial charge in [-0.1, -0.05) is 121 Å². The zero-order valence-electron chi connectivity index (χ0n) is 18.9. The van der Waals surface area contributed by atoms with Gasteiger partial charge >= 0.3 is 0 Å². The first-order valence-corrected chi connectivity index (χ1v) is 11.7. The molecule has 0 fully saturated rings. The molecule has 3 nitrogen and oxygen atoms in total. The number of rotatable bonds is 12. The molecule has 4 aromatic rings. The van der Waals surface area contributed by atoms with Crippen LogP contribution in [0.1, 0.15) is 46.9 Å². The fourth-order valence-corrected chi connectivity index (χ4v) is 4.35. The molecule has 0 heterocycles. The van der Waals surface area contributed by atoms with Crippen molar-refractivity contribution < 1.29 is 4.94 Å². The molecule has 0 saturated heterocycles. The Labute approximate surface area is 197 Å². The Morgan fingerprint density at radius 2 is 0.697 bits per heavy atom. The van der Waals surface area contributed by atoms with Gasteiger partial charge in [-0.15, -0.1) is 0 Å². The molecule has 0 aliphatic heterocycles. The standard InChI is InChI=1S/C30H32N2O/c1-5-13-25(14-6-1)29(26-15-7-2-8-16-26)21-23-31-33-32-24-22-30(27-17-9-3-10-18-27)28-19-11-4-12-20-28/h1-20,29-32H,21-24H2. The van der Waals surface area contributed by atoms with Gasteiger partial charge < -0.3 is 0 Å². The molecule has 0 atom stereocenters. The molecule has 0 amide bonds. The summed E-state index contributed by atoms with van der Waals surface area (Å²) >= 11 is 0. The molecule has 0 aliphatic carbocycles. The molecule has 3 heteroatoms. The van der Waals surface area contributed by atoms with Gasteiger partial charge in [0.2, 0.25) is 0 Å². The minimum atomic E-state index is 0.337. The van der Waals surface area contributed by atoms with Gasteiger partial charge in [0.1, 0.15) is 0 Å². The van der Waals surface area contributed by atoms with Crippen LogP contribution in [0.4, 0.5) is 0 Å². The summed E-state index contributed by atoms with van der Waals surface area (Å²) in [7, 11) is 0. The van der Waals surface area contributed by atoms with E-state index in [0.29, 0.717) is 11.8 Å². The Morgan fingerprint density at radius 1 is 0.424 bits per heavy atom. The summed E-state index contributed by atoms with van der Waals surface area (Å²) in [6.07, 6.45) is 1.90. The first-order chi connectivity index (χ1) is 16.4. The predicted octanol–water partition coefficient (Wildman–Crippen LogP) is 6.46. The third-order valence-electron chi connectivity index (χ3n) is 6.02. The van der Waals surface area contributed by atoms with E-state index in [4.69, 9.17) is 4.94 Å². The molecule has 0 radical (unpaired) electrons. The number of hydrogen-bond acceptors (Lipinski definition) is 3. The molecule has 0 aromatic heterocycles. The van der Waals surface area contributed by atoms with E-state index in [1.165, 1.54) is 22.3 Å². The zero-order valence-corrected chi connectivity index (χ0v) is 18.9. The van der Waals surface area contributed by atoms with Gasteiger partial charge in [-0.2, -0.15) is 11.0 Å². The van der Waals surface area contributed by atoms with Crippen molar-refractivity contribution >= 4 is 0 Å². The number of nitrogens with one attached hydrogen (secondary N) is 2. The van der Waals surface area contributed by atoms with Gasteiger partial charge in [-0.05, 0) is 35.1 Å². The van der Waals surface area contributed by atoms with Crippen LogP contribution in [0.2, 0.25) is 0 Å². The van der Waals surface area contributed by atoms with Gasteiger partial charge in [-0.3, -0.25) is 0 Å². The topological polar surface area (TPSA) is 33.3 Å². The van der Waals surface area contributed by atoms with Gasteiger partial charge in [0.25, 0.3) is 0 Å². The average molecular weight is 437 g/mol. The summed E-state index contributed by atoms with van der Waals surface area (Å²) in [5, 5.41) is 0. The van der Waals surface area contributed by atoms with Gasteiger partial charge in [-0.25, -0.2) is 4.94 Å². The zero-order chi connectivity index (χ0) is 22.6. The van der Waals surface area contributed by atoms with Crippen LogP contribution in [0.5, 0.6) is 0 Å². The molecule has 0 aliphatic rings. The van der Waals surface area contributed by atoms with Gasteiger partial charge in [0.15, 0.2) is 0 Å². The summed E-state index contributed by atoms with van der Waals surface area (Å²) in [4.78, 5) is 5.58. The fourth-order valence-electron chi connectivity index (χ4n) is 4.35. The second kappa shape index (κ2) is 12.7. The van der Waals surface area contributed by atoms with Crippen LogP contribution in [0.15, 0.2) is 121 Å². The van der Waals surface area contributed by atoms with E-state index in [0.717, 1.165) is 25.9 Å². The van der Waals surface area contributed by atoms with E-state index in [1.807, 2.05) is 0 Å². The Morgan fingerprint density at radius 3 is 0.970 bits per heavy atom. The van der Waals surface area contributed by atoms with Crippen molar-refractivity contribution in [3.05, 3.63) is 144 Å². The highest BCUT2D eigenvalue weighted by molar-refractivity contribution is 5.33. The lowest BCUT2D eigenvalue weighted by molar-refractivity contribution is -0.0390. The third-order valence-corrected chi connectivity index (χ3v) is 6.02. The Bertz CT molecular complexity index is 874. The molecule has 0 bridgehead atoms. The van der Waals surface area contributed by atoms with Crippen LogP contribution in [0.25, 0.3) is 0 Å². The highest BCUT2D eigenvalue weighted by atomic mass is 16.8. The maximum absolute atomic E-state index is 5.58. The quantitative estimate of drug-likeness (QED) is 0.198. The summed E-state index contributed by atoms with van der Waals surface area (Å²) < 4.78 is 0. The van der Waals surface area contributed by atoms with Crippen molar-refractivity contribution in [3.8, 4) is 0 Å². The lowest BCUT2D eigenvalue weighted by atomic mass is 9.89. The van der Waals surface area contributed by atoms with Crippen LogP contribution >= 0.6 is 0 Å². The monoisotopic (exact) mass is 436 g/mol. The number of hydroxylamine groups is 2. The minimum Gasteiger partial charge on any atom is -0.214 e. The number of benzene rings is 4. The lowest BCUT2D eigenvalue weighted by Crippen LogP contribution is -2.29. The van der Waals surface area contributed by atoms with Crippen molar-refractivity contribution in [1.82, 2.24) is 11.0 Å². The summed E-state index contributed by atoms with van der Waals surface area (Å²) in [5.74, 6) is 0.674. The molecule has 4 rings (SSSR count). The van der Waals surface area contributed by atoms with Gasteiger partial charge in [0, 0.05) is 24.9 Å². The highest BCUT2D eigenvalue weighted by Gasteiger charge is 2.14. The molecular weight excluding hydrogens is 404 g/mol. The van der Waals surface area contributed by atoms with Crippen molar-refractivity contribution in [1.29, 1.82) is 0 Å². The summed E-state index contributed by atoms with van der Waals surface area (Å²) in [6.45, 7) is 1.50. The predicted molar refractivity (Wildman–Crippen MR) is 136 cm³/mol. The SMILES string of the molecule is c1ccc(C(CCNONCCC(c2ccccc2)c2ccccc2)c2ccccc2)cc1. The molecule has 168 valence electrons. The largest absolute Gasteiger partial charge is 0.214 e. The molecule has 0 spiro atoms. The second-order valence-corrected chi connectivity index (χ2v) is 8.22. The molecule has 0 unspecified atom stereocenters. The van der Waals surface area contributed by atoms with E-state index in [1.54, 1.807) is 0 Å². The first-order valence-electron chi connectivity index (χ1n) is 11.7. The maximum Gasteiger partial charge on any atom is 0.0238 e. The maximum atomic E-state index is 5.58. The van der Waals surface area contributed by atoms with Crippen LogP contribution < -0.4 is 11.0 Å². The molecule has 2 N–H and O–H groups in total. The number of hydrogen-bond donors (Lipinski definition) is 2. The van der Waals surface area contributed by atoms with Crippen molar-refractivity contribution in [2.45, 2.75) is 24.7 Å². The average Bonchev–Trinajstić information content (AvgIpc) is 2.90. The first kappa shape index (κ1) is 22.9. The normalized spacial score (nSPS) is 11.2. The molecule has 4 aromatic carbocycles. The molecular formula is C30H32N2O. The molecule has 33 heavy (non-hydrogen) atoms. The fraction of sp³-hybridized carbons (Fsp3) is 0.200. The Balaban J connectivity index is 1.25. The third kappa shape index (κ3) is 6.87. The van der Waals surface area contributed by atoms with Crippen LogP contribution in [0.3, 0.4) is 0 Å². The molecule has 0 saturated carbocycles.